The summed E-state index contributed by atoms with van der Waals surface area (Å²) in [6, 6.07) is -0.907. The molecule has 1 saturated carbocycles. The van der Waals surface area contributed by atoms with Gasteiger partial charge in [-0.05, 0) is 24.7 Å². The number of carboxylic acids is 1. The molecule has 23 heavy (non-hydrogen) atoms. The van der Waals surface area contributed by atoms with Crippen LogP contribution in [0.4, 0.5) is 0 Å². The van der Waals surface area contributed by atoms with E-state index >= 15 is 0 Å². The lowest BCUT2D eigenvalue weighted by atomic mass is 9.94. The van der Waals surface area contributed by atoms with Gasteiger partial charge in [0.1, 0.15) is 6.04 Å². The number of rotatable bonds is 9. The van der Waals surface area contributed by atoms with Crippen molar-refractivity contribution in [3.05, 3.63) is 0 Å². The molecule has 1 aliphatic carbocycles. The average Bonchev–Trinajstić information content (AvgIpc) is 2.96. The predicted molar refractivity (Wildman–Crippen MR) is 87.8 cm³/mol. The van der Waals surface area contributed by atoms with Gasteiger partial charge in [0, 0.05) is 5.92 Å². The van der Waals surface area contributed by atoms with Gasteiger partial charge in [0.2, 0.25) is 11.8 Å². The minimum absolute atomic E-state index is 0.114. The van der Waals surface area contributed by atoms with E-state index in [0.29, 0.717) is 12.3 Å². The number of carbonyl (C=O) groups is 3. The molecular formula is C17H30N2O4. The van der Waals surface area contributed by atoms with Crippen LogP contribution in [0.15, 0.2) is 0 Å². The van der Waals surface area contributed by atoms with Gasteiger partial charge in [-0.2, -0.15) is 0 Å². The normalized spacial score (nSPS) is 17.7. The zero-order valence-electron chi connectivity index (χ0n) is 14.4. The van der Waals surface area contributed by atoms with Gasteiger partial charge in [0.15, 0.2) is 0 Å². The molecule has 0 spiro atoms. The van der Waals surface area contributed by atoms with E-state index in [4.69, 9.17) is 5.11 Å². The first-order valence-electron chi connectivity index (χ1n) is 8.59. The monoisotopic (exact) mass is 326 g/mol. The highest BCUT2D eigenvalue weighted by molar-refractivity contribution is 5.88. The highest BCUT2D eigenvalue weighted by atomic mass is 16.4. The van der Waals surface area contributed by atoms with Crippen LogP contribution in [-0.4, -0.2) is 35.5 Å². The molecule has 0 aliphatic heterocycles. The Hall–Kier alpha value is -1.59. The maximum atomic E-state index is 12.0. The van der Waals surface area contributed by atoms with Crippen molar-refractivity contribution in [2.75, 3.05) is 6.54 Å². The van der Waals surface area contributed by atoms with Crippen LogP contribution in [0.3, 0.4) is 0 Å². The first-order chi connectivity index (χ1) is 10.8. The van der Waals surface area contributed by atoms with E-state index in [1.165, 1.54) is 25.7 Å². The fraction of sp³-hybridized carbons (Fsp3) is 0.824. The summed E-state index contributed by atoms with van der Waals surface area (Å²) in [7, 11) is 0. The third-order valence-electron chi connectivity index (χ3n) is 4.37. The fourth-order valence-corrected chi connectivity index (χ4v) is 3.13. The van der Waals surface area contributed by atoms with Gasteiger partial charge in [-0.1, -0.05) is 46.5 Å². The van der Waals surface area contributed by atoms with E-state index in [0.717, 1.165) is 6.42 Å². The molecule has 0 aromatic heterocycles. The maximum Gasteiger partial charge on any atom is 0.326 e. The van der Waals surface area contributed by atoms with E-state index in [-0.39, 0.29) is 24.3 Å². The molecule has 1 fully saturated rings. The maximum absolute atomic E-state index is 12.0. The fourth-order valence-electron chi connectivity index (χ4n) is 3.13. The van der Waals surface area contributed by atoms with Crippen molar-refractivity contribution in [3.63, 3.8) is 0 Å². The second-order valence-electron chi connectivity index (χ2n) is 7.09. The molecule has 1 unspecified atom stereocenters. The van der Waals surface area contributed by atoms with Gasteiger partial charge < -0.3 is 15.7 Å². The molecule has 1 aliphatic rings. The molecule has 0 heterocycles. The summed E-state index contributed by atoms with van der Waals surface area (Å²) in [6.07, 6.45) is 6.09. The number of hydrogen-bond acceptors (Lipinski definition) is 3. The SMILES string of the molecule is CC(C)C[C@H](NC(=O)CNC(=O)C(C)CC1CCCC1)C(=O)O. The van der Waals surface area contributed by atoms with Crippen LogP contribution in [0, 0.1) is 17.8 Å². The molecule has 0 bridgehead atoms. The Morgan fingerprint density at radius 3 is 2.26 bits per heavy atom. The first-order valence-corrected chi connectivity index (χ1v) is 8.59. The van der Waals surface area contributed by atoms with Gasteiger partial charge in [-0.15, -0.1) is 0 Å². The van der Waals surface area contributed by atoms with Crippen LogP contribution in [0.1, 0.15) is 59.3 Å². The summed E-state index contributed by atoms with van der Waals surface area (Å²) in [5.41, 5.74) is 0. The van der Waals surface area contributed by atoms with Crippen molar-refractivity contribution in [2.24, 2.45) is 17.8 Å². The Kier molecular flexibility index (Phi) is 8.06. The topological polar surface area (TPSA) is 95.5 Å². The quantitative estimate of drug-likeness (QED) is 0.603. The number of hydrogen-bond donors (Lipinski definition) is 3. The van der Waals surface area contributed by atoms with Crippen LogP contribution >= 0.6 is 0 Å². The summed E-state index contributed by atoms with van der Waals surface area (Å²) in [5.74, 6) is -0.975. The average molecular weight is 326 g/mol. The third kappa shape index (κ3) is 7.48. The van der Waals surface area contributed by atoms with E-state index < -0.39 is 17.9 Å². The Morgan fingerprint density at radius 1 is 1.13 bits per heavy atom. The Bertz CT molecular complexity index is 417. The van der Waals surface area contributed by atoms with Gasteiger partial charge in [-0.3, -0.25) is 9.59 Å². The second-order valence-corrected chi connectivity index (χ2v) is 7.09. The van der Waals surface area contributed by atoms with E-state index in [1.807, 2.05) is 20.8 Å². The Balaban J connectivity index is 2.32. The largest absolute Gasteiger partial charge is 0.480 e. The van der Waals surface area contributed by atoms with Crippen molar-refractivity contribution in [3.8, 4) is 0 Å². The number of nitrogens with one attached hydrogen (secondary N) is 2. The Labute approximate surface area is 138 Å². The van der Waals surface area contributed by atoms with E-state index in [9.17, 15) is 14.4 Å². The molecule has 6 heteroatoms. The Morgan fingerprint density at radius 2 is 1.74 bits per heavy atom. The van der Waals surface area contributed by atoms with Crippen LogP contribution in [0.5, 0.6) is 0 Å². The summed E-state index contributed by atoms with van der Waals surface area (Å²) >= 11 is 0. The molecule has 2 atom stereocenters. The summed E-state index contributed by atoms with van der Waals surface area (Å²) in [4.78, 5) is 35.0. The summed E-state index contributed by atoms with van der Waals surface area (Å²) < 4.78 is 0. The highest BCUT2D eigenvalue weighted by Gasteiger charge is 2.23. The van der Waals surface area contributed by atoms with Crippen molar-refractivity contribution < 1.29 is 19.5 Å². The van der Waals surface area contributed by atoms with Crippen molar-refractivity contribution >= 4 is 17.8 Å². The highest BCUT2D eigenvalue weighted by Crippen LogP contribution is 2.30. The number of carbonyl (C=O) groups excluding carboxylic acids is 2. The van der Waals surface area contributed by atoms with Crippen molar-refractivity contribution in [1.82, 2.24) is 10.6 Å². The van der Waals surface area contributed by atoms with E-state index in [2.05, 4.69) is 10.6 Å². The van der Waals surface area contributed by atoms with Gasteiger partial charge in [0.25, 0.3) is 0 Å². The van der Waals surface area contributed by atoms with Gasteiger partial charge in [0.05, 0.1) is 6.54 Å². The predicted octanol–water partition coefficient (Wildman–Crippen LogP) is 1.93. The van der Waals surface area contributed by atoms with Crippen LogP contribution < -0.4 is 10.6 Å². The van der Waals surface area contributed by atoms with E-state index in [1.54, 1.807) is 0 Å². The lowest BCUT2D eigenvalue weighted by Gasteiger charge is -2.18. The van der Waals surface area contributed by atoms with Crippen molar-refractivity contribution in [1.29, 1.82) is 0 Å². The van der Waals surface area contributed by atoms with Crippen LogP contribution in [0.25, 0.3) is 0 Å². The molecule has 0 aromatic rings. The standard InChI is InChI=1S/C17H30N2O4/c1-11(2)8-14(17(22)23)19-15(20)10-18-16(21)12(3)9-13-6-4-5-7-13/h11-14H,4-10H2,1-3H3,(H,18,21)(H,19,20)(H,22,23)/t12?,14-/m0/s1. The summed E-state index contributed by atoms with van der Waals surface area (Å²) in [6.45, 7) is 5.50. The molecular weight excluding hydrogens is 296 g/mol. The molecule has 132 valence electrons. The summed E-state index contributed by atoms with van der Waals surface area (Å²) in [5, 5.41) is 14.2. The smallest absolute Gasteiger partial charge is 0.326 e. The lowest BCUT2D eigenvalue weighted by Crippen LogP contribution is -2.46. The minimum atomic E-state index is -1.05. The molecule has 0 saturated heterocycles. The van der Waals surface area contributed by atoms with Gasteiger partial charge >= 0.3 is 5.97 Å². The molecule has 0 aromatic carbocycles. The zero-order valence-corrected chi connectivity index (χ0v) is 14.4. The molecule has 1 rings (SSSR count). The lowest BCUT2D eigenvalue weighted by molar-refractivity contribution is -0.142. The first kappa shape index (κ1) is 19.5. The third-order valence-corrected chi connectivity index (χ3v) is 4.37. The minimum Gasteiger partial charge on any atom is -0.480 e. The number of amides is 2. The number of carboxylic acid groups (broad SMARTS) is 1. The molecule has 3 N–H and O–H groups in total. The second kappa shape index (κ2) is 9.53. The molecule has 6 nitrogen and oxygen atoms in total. The molecule has 2 amide bonds. The number of aliphatic carboxylic acids is 1. The van der Waals surface area contributed by atoms with Crippen LogP contribution in [0.2, 0.25) is 0 Å². The molecule has 0 radical (unpaired) electrons. The zero-order chi connectivity index (χ0) is 17.4. The van der Waals surface area contributed by atoms with Crippen LogP contribution in [-0.2, 0) is 14.4 Å². The van der Waals surface area contributed by atoms with Gasteiger partial charge in [-0.25, -0.2) is 4.79 Å². The van der Waals surface area contributed by atoms with Crippen molar-refractivity contribution in [2.45, 2.75) is 65.3 Å².